The number of sulfonamides is 1. The predicted octanol–water partition coefficient (Wildman–Crippen LogP) is -0.171. The molecule has 1 fully saturated rings. The van der Waals surface area contributed by atoms with Crippen molar-refractivity contribution in [1.29, 1.82) is 0 Å². The first-order chi connectivity index (χ1) is 9.83. The lowest BCUT2D eigenvalue weighted by Crippen LogP contribution is -2.28. The summed E-state index contributed by atoms with van der Waals surface area (Å²) in [6.07, 6.45) is -1.20. The average Bonchev–Trinajstić information content (AvgIpc) is 2.79. The number of hydrogen-bond acceptors (Lipinski definition) is 6. The largest absolute Gasteiger partial charge is 0.441 e. The van der Waals surface area contributed by atoms with Gasteiger partial charge >= 0.3 is 6.09 Å². The molecule has 9 heteroatoms. The number of carbonyl (C=O) groups excluding carboxylic acids is 2. The van der Waals surface area contributed by atoms with Crippen molar-refractivity contribution in [3.05, 3.63) is 24.3 Å². The number of benzene rings is 1. The van der Waals surface area contributed by atoms with Crippen LogP contribution >= 0.6 is 0 Å². The molecule has 1 unspecified atom stereocenters. The van der Waals surface area contributed by atoms with Crippen molar-refractivity contribution in [2.24, 2.45) is 0 Å². The van der Waals surface area contributed by atoms with Crippen LogP contribution in [0.1, 0.15) is 6.92 Å². The summed E-state index contributed by atoms with van der Waals surface area (Å²) in [5, 5.41) is 8.96. The van der Waals surface area contributed by atoms with E-state index in [1.807, 2.05) is 4.72 Å². The third kappa shape index (κ3) is 3.31. The number of ether oxygens (including phenoxy) is 1. The zero-order chi connectivity index (χ0) is 15.6. The van der Waals surface area contributed by atoms with Gasteiger partial charge in [-0.05, 0) is 24.3 Å². The Morgan fingerprint density at radius 3 is 2.52 bits per heavy atom. The molecule has 2 amide bonds. The Labute approximate surface area is 121 Å². The lowest BCUT2D eigenvalue weighted by atomic mass is 10.3. The molecule has 2 rings (SSSR count). The molecule has 1 atom stereocenters. The Balaban J connectivity index is 2.20. The molecule has 21 heavy (non-hydrogen) atoms. The fourth-order valence-electron chi connectivity index (χ4n) is 1.88. The molecule has 2 N–H and O–H groups in total. The molecule has 1 aliphatic rings. The van der Waals surface area contributed by atoms with Crippen molar-refractivity contribution in [3.63, 3.8) is 0 Å². The van der Waals surface area contributed by atoms with Gasteiger partial charge in [0.15, 0.2) is 0 Å². The normalized spacial score (nSPS) is 18.5. The van der Waals surface area contributed by atoms with Crippen molar-refractivity contribution in [2.75, 3.05) is 18.1 Å². The van der Waals surface area contributed by atoms with E-state index in [-0.39, 0.29) is 18.0 Å². The van der Waals surface area contributed by atoms with Gasteiger partial charge in [-0.2, -0.15) is 0 Å². The second kappa shape index (κ2) is 5.70. The molecule has 1 aromatic carbocycles. The monoisotopic (exact) mass is 314 g/mol. The summed E-state index contributed by atoms with van der Waals surface area (Å²) in [6, 6.07) is 5.41. The van der Waals surface area contributed by atoms with Crippen LogP contribution < -0.4 is 9.62 Å². The molecule has 1 saturated heterocycles. The maximum absolute atomic E-state index is 11.8. The SMILES string of the molecule is CC(=O)NS(=O)(=O)c1ccc(N2CC(CO)OC2=O)cc1. The summed E-state index contributed by atoms with van der Waals surface area (Å²) < 4.78 is 30.3. The van der Waals surface area contributed by atoms with Crippen LogP contribution in [0.15, 0.2) is 29.2 Å². The standard InChI is InChI=1S/C12H14N2O6S/c1-8(16)13-21(18,19)11-4-2-9(3-5-11)14-6-10(7-15)20-12(14)17/h2-5,10,15H,6-7H2,1H3,(H,13,16). The van der Waals surface area contributed by atoms with Crippen molar-refractivity contribution >= 4 is 27.7 Å². The Hall–Kier alpha value is -2.13. The Bertz CT molecular complexity index is 655. The number of aliphatic hydroxyl groups excluding tert-OH is 1. The lowest BCUT2D eigenvalue weighted by molar-refractivity contribution is -0.117. The molecular weight excluding hydrogens is 300 g/mol. The van der Waals surface area contributed by atoms with Crippen molar-refractivity contribution in [3.8, 4) is 0 Å². The topological polar surface area (TPSA) is 113 Å². The van der Waals surface area contributed by atoms with Crippen LogP contribution in [0, 0.1) is 0 Å². The van der Waals surface area contributed by atoms with Gasteiger partial charge in [-0.25, -0.2) is 17.9 Å². The average molecular weight is 314 g/mol. The number of amides is 2. The van der Waals surface area contributed by atoms with E-state index in [4.69, 9.17) is 9.84 Å². The molecular formula is C12H14N2O6S. The van der Waals surface area contributed by atoms with Crippen LogP contribution in [0.3, 0.4) is 0 Å². The first-order valence-corrected chi connectivity index (χ1v) is 7.54. The number of anilines is 1. The van der Waals surface area contributed by atoms with Crippen LogP contribution in [0.2, 0.25) is 0 Å². The third-order valence-corrected chi connectivity index (χ3v) is 4.26. The number of cyclic esters (lactones) is 1. The Kier molecular flexibility index (Phi) is 4.14. The number of nitrogens with one attached hydrogen (secondary N) is 1. The van der Waals surface area contributed by atoms with E-state index in [2.05, 4.69) is 0 Å². The van der Waals surface area contributed by atoms with E-state index in [1.54, 1.807) is 0 Å². The maximum atomic E-state index is 11.8. The molecule has 0 spiro atoms. The molecule has 0 bridgehead atoms. The summed E-state index contributed by atoms with van der Waals surface area (Å²) >= 11 is 0. The van der Waals surface area contributed by atoms with E-state index >= 15 is 0 Å². The number of aliphatic hydroxyl groups is 1. The zero-order valence-electron chi connectivity index (χ0n) is 11.1. The molecule has 114 valence electrons. The maximum Gasteiger partial charge on any atom is 0.414 e. The van der Waals surface area contributed by atoms with Gasteiger partial charge in [-0.15, -0.1) is 0 Å². The quantitative estimate of drug-likeness (QED) is 0.797. The van der Waals surface area contributed by atoms with Crippen molar-refractivity contribution < 1.29 is 27.9 Å². The number of carbonyl (C=O) groups is 2. The van der Waals surface area contributed by atoms with Crippen LogP contribution in [-0.4, -0.2) is 44.8 Å². The lowest BCUT2D eigenvalue weighted by Gasteiger charge is -2.13. The fourth-order valence-corrected chi connectivity index (χ4v) is 2.87. The zero-order valence-corrected chi connectivity index (χ0v) is 12.0. The minimum absolute atomic E-state index is 0.0901. The van der Waals surface area contributed by atoms with Gasteiger partial charge in [-0.1, -0.05) is 0 Å². The van der Waals surface area contributed by atoms with E-state index in [0.717, 1.165) is 6.92 Å². The van der Waals surface area contributed by atoms with Crippen LogP contribution in [0.25, 0.3) is 0 Å². The predicted molar refractivity (Wildman–Crippen MR) is 72.1 cm³/mol. The summed E-state index contributed by atoms with van der Waals surface area (Å²) in [5.74, 6) is -0.687. The van der Waals surface area contributed by atoms with Crippen LogP contribution in [-0.2, 0) is 19.6 Å². The molecule has 0 radical (unpaired) electrons. The minimum atomic E-state index is -3.90. The highest BCUT2D eigenvalue weighted by Crippen LogP contribution is 2.23. The van der Waals surface area contributed by atoms with Gasteiger partial charge in [0.1, 0.15) is 6.10 Å². The Morgan fingerprint density at radius 2 is 2.05 bits per heavy atom. The molecule has 1 aliphatic heterocycles. The summed E-state index contributed by atoms with van der Waals surface area (Å²) in [7, 11) is -3.90. The van der Waals surface area contributed by atoms with Crippen molar-refractivity contribution in [1.82, 2.24) is 4.72 Å². The molecule has 0 saturated carbocycles. The summed E-state index contributed by atoms with van der Waals surface area (Å²) in [6.45, 7) is 1.01. The second-order valence-corrected chi connectivity index (χ2v) is 6.14. The fraction of sp³-hybridized carbons (Fsp3) is 0.333. The van der Waals surface area contributed by atoms with E-state index in [1.165, 1.54) is 29.2 Å². The smallest absolute Gasteiger partial charge is 0.414 e. The first-order valence-electron chi connectivity index (χ1n) is 6.06. The van der Waals surface area contributed by atoms with Crippen LogP contribution in [0.4, 0.5) is 10.5 Å². The van der Waals surface area contributed by atoms with E-state index in [0.29, 0.717) is 5.69 Å². The van der Waals surface area contributed by atoms with Gasteiger partial charge in [0.2, 0.25) is 5.91 Å². The van der Waals surface area contributed by atoms with E-state index < -0.39 is 28.1 Å². The molecule has 0 aliphatic carbocycles. The first kappa shape index (κ1) is 15.3. The van der Waals surface area contributed by atoms with Crippen LogP contribution in [0.5, 0.6) is 0 Å². The number of rotatable bonds is 4. The highest BCUT2D eigenvalue weighted by molar-refractivity contribution is 7.90. The Morgan fingerprint density at radius 1 is 1.43 bits per heavy atom. The van der Waals surface area contributed by atoms with Gasteiger partial charge in [0.25, 0.3) is 10.0 Å². The van der Waals surface area contributed by atoms with Crippen molar-refractivity contribution in [2.45, 2.75) is 17.9 Å². The molecule has 1 heterocycles. The van der Waals surface area contributed by atoms with Gasteiger partial charge in [-0.3, -0.25) is 9.69 Å². The highest BCUT2D eigenvalue weighted by Gasteiger charge is 2.31. The molecule has 1 aromatic rings. The van der Waals surface area contributed by atoms with E-state index in [9.17, 15) is 18.0 Å². The minimum Gasteiger partial charge on any atom is -0.441 e. The molecule has 8 nitrogen and oxygen atoms in total. The van der Waals surface area contributed by atoms with Gasteiger partial charge in [0, 0.05) is 12.6 Å². The molecule has 0 aromatic heterocycles. The summed E-state index contributed by atoms with van der Waals surface area (Å²) in [5.41, 5.74) is 0.442. The number of nitrogens with zero attached hydrogens (tertiary/aromatic N) is 1. The number of hydrogen-bond donors (Lipinski definition) is 2. The van der Waals surface area contributed by atoms with Gasteiger partial charge in [0.05, 0.1) is 18.0 Å². The summed E-state index contributed by atoms with van der Waals surface area (Å²) in [4.78, 5) is 23.6. The third-order valence-electron chi connectivity index (χ3n) is 2.81. The highest BCUT2D eigenvalue weighted by atomic mass is 32.2. The second-order valence-electron chi connectivity index (χ2n) is 4.45. The van der Waals surface area contributed by atoms with Gasteiger partial charge < -0.3 is 9.84 Å².